The van der Waals surface area contributed by atoms with Gasteiger partial charge in [0.2, 0.25) is 5.91 Å². The minimum atomic E-state index is -0.236. The summed E-state index contributed by atoms with van der Waals surface area (Å²) < 4.78 is 0. The van der Waals surface area contributed by atoms with Crippen LogP contribution < -0.4 is 16.4 Å². The molecule has 5 nitrogen and oxygen atoms in total. The molecule has 1 saturated carbocycles. The largest absolute Gasteiger partial charge is 0.347 e. The second kappa shape index (κ2) is 8.67. The molecule has 2 amide bonds. The number of carbonyl (C=O) groups excluding carboxylic acids is 2. The predicted octanol–water partition coefficient (Wildman–Crippen LogP) is 3.84. The zero-order valence-corrected chi connectivity index (χ0v) is 16.4. The molecule has 26 heavy (non-hydrogen) atoms. The lowest BCUT2D eigenvalue weighted by molar-refractivity contribution is -0.118. The van der Waals surface area contributed by atoms with Gasteiger partial charge in [-0.25, -0.2) is 0 Å². The molecule has 1 aromatic carbocycles. The van der Waals surface area contributed by atoms with Gasteiger partial charge in [-0.2, -0.15) is 0 Å². The molecule has 0 aromatic heterocycles. The standard InChI is InChI=1S/C21H33N3O2/c1-4-20(2,3)24-19(26)16-8-10-17(11-9-16)23-18(25)14-21(15-22)12-6-5-7-13-21/h8-11H,4-7,12-15,22H2,1-3H3,(H,23,25)(H,24,26). The SMILES string of the molecule is CCC(C)(C)NC(=O)c1ccc(NC(=O)CC2(CN)CCCCC2)cc1. The van der Waals surface area contributed by atoms with Crippen molar-refractivity contribution in [3.05, 3.63) is 29.8 Å². The van der Waals surface area contributed by atoms with Gasteiger partial charge < -0.3 is 16.4 Å². The van der Waals surface area contributed by atoms with Crippen molar-refractivity contribution < 1.29 is 9.59 Å². The molecule has 4 N–H and O–H groups in total. The van der Waals surface area contributed by atoms with Gasteiger partial charge in [-0.05, 0) is 69.3 Å². The first-order valence-corrected chi connectivity index (χ1v) is 9.72. The van der Waals surface area contributed by atoms with Gasteiger partial charge >= 0.3 is 0 Å². The summed E-state index contributed by atoms with van der Waals surface area (Å²) in [4.78, 5) is 24.7. The summed E-state index contributed by atoms with van der Waals surface area (Å²) in [7, 11) is 0. The number of benzene rings is 1. The molecule has 0 radical (unpaired) electrons. The van der Waals surface area contributed by atoms with Crippen molar-refractivity contribution >= 4 is 17.5 Å². The maximum atomic E-state index is 12.4. The van der Waals surface area contributed by atoms with Crippen LogP contribution in [0.15, 0.2) is 24.3 Å². The zero-order valence-electron chi connectivity index (χ0n) is 16.4. The topological polar surface area (TPSA) is 84.2 Å². The highest BCUT2D eigenvalue weighted by atomic mass is 16.2. The molecule has 5 heteroatoms. The van der Waals surface area contributed by atoms with E-state index in [-0.39, 0.29) is 22.8 Å². The van der Waals surface area contributed by atoms with Crippen molar-refractivity contribution in [2.45, 2.75) is 71.3 Å². The van der Waals surface area contributed by atoms with Crippen LogP contribution in [0.5, 0.6) is 0 Å². The van der Waals surface area contributed by atoms with E-state index in [1.165, 1.54) is 6.42 Å². The van der Waals surface area contributed by atoms with Gasteiger partial charge in [0.05, 0.1) is 0 Å². The van der Waals surface area contributed by atoms with Crippen LogP contribution in [0.3, 0.4) is 0 Å². The number of carbonyl (C=O) groups is 2. The minimum Gasteiger partial charge on any atom is -0.347 e. The van der Waals surface area contributed by atoms with Crippen LogP contribution >= 0.6 is 0 Å². The molecule has 0 spiro atoms. The summed E-state index contributed by atoms with van der Waals surface area (Å²) in [6, 6.07) is 7.05. The Bertz CT molecular complexity index is 617. The number of hydrogen-bond acceptors (Lipinski definition) is 3. The summed E-state index contributed by atoms with van der Waals surface area (Å²) in [5.74, 6) is -0.0966. The van der Waals surface area contributed by atoms with Crippen LogP contribution in [0.4, 0.5) is 5.69 Å². The third kappa shape index (κ3) is 5.56. The van der Waals surface area contributed by atoms with E-state index >= 15 is 0 Å². The molecule has 144 valence electrons. The van der Waals surface area contributed by atoms with Gasteiger partial charge in [-0.1, -0.05) is 26.2 Å². The fourth-order valence-corrected chi connectivity index (χ4v) is 3.47. The molecule has 0 atom stereocenters. The van der Waals surface area contributed by atoms with E-state index in [2.05, 4.69) is 10.6 Å². The highest BCUT2D eigenvalue weighted by molar-refractivity contribution is 5.96. The normalized spacial score (nSPS) is 16.8. The first-order valence-electron chi connectivity index (χ1n) is 9.72. The number of nitrogens with one attached hydrogen (secondary N) is 2. The molecule has 0 heterocycles. The average Bonchev–Trinajstić information content (AvgIpc) is 2.62. The molecule has 1 aliphatic carbocycles. The number of anilines is 1. The van der Waals surface area contributed by atoms with Crippen molar-refractivity contribution in [3.63, 3.8) is 0 Å². The lowest BCUT2D eigenvalue weighted by Crippen LogP contribution is -2.42. The van der Waals surface area contributed by atoms with Gasteiger partial charge in [-0.3, -0.25) is 9.59 Å². The molecule has 1 aliphatic rings. The molecule has 0 bridgehead atoms. The Balaban J connectivity index is 1.94. The lowest BCUT2D eigenvalue weighted by atomic mass is 9.71. The molecule has 0 unspecified atom stereocenters. The third-order valence-electron chi connectivity index (χ3n) is 5.65. The summed E-state index contributed by atoms with van der Waals surface area (Å²) in [6.07, 6.45) is 6.94. The van der Waals surface area contributed by atoms with Gasteiger partial charge in [0.1, 0.15) is 0 Å². The second-order valence-electron chi connectivity index (χ2n) is 8.26. The van der Waals surface area contributed by atoms with Gasteiger partial charge in [0.25, 0.3) is 5.91 Å². The van der Waals surface area contributed by atoms with E-state index in [1.807, 2.05) is 20.8 Å². The van der Waals surface area contributed by atoms with Crippen LogP contribution in [-0.4, -0.2) is 23.9 Å². The number of amides is 2. The number of hydrogen-bond donors (Lipinski definition) is 3. The van der Waals surface area contributed by atoms with Gasteiger partial charge in [0, 0.05) is 23.2 Å². The molecular weight excluding hydrogens is 326 g/mol. The van der Waals surface area contributed by atoms with Crippen LogP contribution in [-0.2, 0) is 4.79 Å². The van der Waals surface area contributed by atoms with Crippen LogP contribution in [0.1, 0.15) is 76.1 Å². The highest BCUT2D eigenvalue weighted by Gasteiger charge is 2.33. The Labute approximate surface area is 157 Å². The summed E-state index contributed by atoms with van der Waals surface area (Å²) in [6.45, 7) is 6.60. The molecule has 0 aliphatic heterocycles. The summed E-state index contributed by atoms with van der Waals surface area (Å²) in [5, 5.41) is 5.96. The Morgan fingerprint density at radius 2 is 1.73 bits per heavy atom. The first kappa shape index (κ1) is 20.4. The van der Waals surface area contributed by atoms with E-state index in [0.29, 0.717) is 24.2 Å². The predicted molar refractivity (Wildman–Crippen MR) is 106 cm³/mol. The maximum absolute atomic E-state index is 12.4. The number of rotatable bonds is 7. The molecule has 1 aromatic rings. The van der Waals surface area contributed by atoms with Crippen molar-refractivity contribution in [1.29, 1.82) is 0 Å². The minimum absolute atomic E-state index is 0.00154. The lowest BCUT2D eigenvalue weighted by Gasteiger charge is -2.35. The average molecular weight is 360 g/mol. The maximum Gasteiger partial charge on any atom is 0.251 e. The fourth-order valence-electron chi connectivity index (χ4n) is 3.47. The van der Waals surface area contributed by atoms with Crippen molar-refractivity contribution in [3.8, 4) is 0 Å². The van der Waals surface area contributed by atoms with Crippen LogP contribution in [0.25, 0.3) is 0 Å². The quantitative estimate of drug-likeness (QED) is 0.691. The molecule has 2 rings (SSSR count). The Morgan fingerprint density at radius 1 is 1.12 bits per heavy atom. The van der Waals surface area contributed by atoms with E-state index in [4.69, 9.17) is 5.73 Å². The number of nitrogens with two attached hydrogens (primary N) is 1. The van der Waals surface area contributed by atoms with Crippen molar-refractivity contribution in [1.82, 2.24) is 5.32 Å². The van der Waals surface area contributed by atoms with E-state index in [0.717, 1.165) is 32.1 Å². The molecular formula is C21H33N3O2. The first-order chi connectivity index (χ1) is 12.3. The highest BCUT2D eigenvalue weighted by Crippen LogP contribution is 2.38. The second-order valence-corrected chi connectivity index (χ2v) is 8.26. The van der Waals surface area contributed by atoms with Crippen molar-refractivity contribution in [2.75, 3.05) is 11.9 Å². The molecule has 1 fully saturated rings. The summed E-state index contributed by atoms with van der Waals surface area (Å²) in [5.41, 5.74) is 6.99. The monoisotopic (exact) mass is 359 g/mol. The zero-order chi connectivity index (χ0) is 19.2. The Morgan fingerprint density at radius 3 is 2.27 bits per heavy atom. The van der Waals surface area contributed by atoms with Crippen molar-refractivity contribution in [2.24, 2.45) is 11.1 Å². The third-order valence-corrected chi connectivity index (χ3v) is 5.65. The smallest absolute Gasteiger partial charge is 0.251 e. The van der Waals surface area contributed by atoms with E-state index in [9.17, 15) is 9.59 Å². The van der Waals surface area contributed by atoms with Gasteiger partial charge in [0.15, 0.2) is 0 Å². The molecule has 0 saturated heterocycles. The van der Waals surface area contributed by atoms with Gasteiger partial charge in [-0.15, -0.1) is 0 Å². The Kier molecular flexibility index (Phi) is 6.81. The van der Waals surface area contributed by atoms with E-state index < -0.39 is 0 Å². The van der Waals surface area contributed by atoms with Crippen LogP contribution in [0, 0.1) is 5.41 Å². The fraction of sp³-hybridized carbons (Fsp3) is 0.619. The summed E-state index contributed by atoms with van der Waals surface area (Å²) >= 11 is 0. The van der Waals surface area contributed by atoms with E-state index in [1.54, 1.807) is 24.3 Å². The Hall–Kier alpha value is -1.88. The van der Waals surface area contributed by atoms with Crippen LogP contribution in [0.2, 0.25) is 0 Å².